The minimum atomic E-state index is 0.260. The van der Waals surface area contributed by atoms with Gasteiger partial charge in [0.15, 0.2) is 0 Å². The zero-order valence-electron chi connectivity index (χ0n) is 14.5. The van der Waals surface area contributed by atoms with E-state index in [4.69, 9.17) is 10.3 Å². The maximum Gasteiger partial charge on any atom is 0.223 e. The maximum absolute atomic E-state index is 12.1. The van der Waals surface area contributed by atoms with Crippen LogP contribution >= 0.6 is 0 Å². The molecule has 1 fully saturated rings. The molecular weight excluding hydrogens is 294 g/mol. The topological polar surface area (TPSA) is 90.3 Å². The van der Waals surface area contributed by atoms with Crippen molar-refractivity contribution in [3.8, 4) is 0 Å². The summed E-state index contributed by atoms with van der Waals surface area (Å²) >= 11 is 0. The molecule has 1 N–H and O–H groups in total. The molecule has 1 saturated heterocycles. The van der Waals surface area contributed by atoms with Crippen molar-refractivity contribution in [1.82, 2.24) is 10.2 Å². The van der Waals surface area contributed by atoms with Crippen LogP contribution in [-0.2, 0) is 9.53 Å². The highest BCUT2D eigenvalue weighted by Gasteiger charge is 2.22. The summed E-state index contributed by atoms with van der Waals surface area (Å²) in [4.78, 5) is 16.8. The van der Waals surface area contributed by atoms with E-state index in [0.29, 0.717) is 24.9 Å². The zero-order valence-corrected chi connectivity index (χ0v) is 14.5. The van der Waals surface area contributed by atoms with Crippen LogP contribution in [0.5, 0.6) is 0 Å². The van der Waals surface area contributed by atoms with Crippen molar-refractivity contribution in [3.05, 3.63) is 10.4 Å². The Hall–Kier alpha value is -1.30. The van der Waals surface area contributed by atoms with Crippen molar-refractivity contribution in [2.24, 2.45) is 11.0 Å². The lowest BCUT2D eigenvalue weighted by molar-refractivity contribution is -0.132. The molecule has 0 bridgehead atoms. The number of nitrogens with one attached hydrogen (secondary N) is 1. The summed E-state index contributed by atoms with van der Waals surface area (Å²) in [5.74, 6) is 0.820. The van der Waals surface area contributed by atoms with Crippen molar-refractivity contribution in [2.45, 2.75) is 52.0 Å². The second-order valence-corrected chi connectivity index (χ2v) is 6.42. The van der Waals surface area contributed by atoms with Crippen LogP contribution in [0.1, 0.15) is 46.0 Å². The van der Waals surface area contributed by atoms with E-state index in [0.717, 1.165) is 58.5 Å². The SMILES string of the molecule is CC(C)NCCC(=O)N1CCC(COCCCCN=[N+]=[N-])CC1. The Morgan fingerprint density at radius 2 is 2.13 bits per heavy atom. The molecule has 0 atom stereocenters. The Balaban J connectivity index is 2.04. The van der Waals surface area contributed by atoms with Gasteiger partial charge in [0, 0.05) is 56.8 Å². The van der Waals surface area contributed by atoms with Gasteiger partial charge in [-0.25, -0.2) is 0 Å². The van der Waals surface area contributed by atoms with Crippen molar-refractivity contribution >= 4 is 5.91 Å². The highest BCUT2D eigenvalue weighted by atomic mass is 16.5. The summed E-state index contributed by atoms with van der Waals surface area (Å²) in [6.45, 7) is 8.69. The number of piperidine rings is 1. The predicted octanol–water partition coefficient (Wildman–Crippen LogP) is 2.72. The number of rotatable bonds is 11. The normalized spacial score (nSPS) is 15.7. The Labute approximate surface area is 139 Å². The molecule has 0 saturated carbocycles. The summed E-state index contributed by atoms with van der Waals surface area (Å²) in [5, 5.41) is 6.78. The molecule has 1 aliphatic rings. The second-order valence-electron chi connectivity index (χ2n) is 6.42. The molecule has 1 rings (SSSR count). The number of hydrogen-bond donors (Lipinski definition) is 1. The van der Waals surface area contributed by atoms with Crippen LogP contribution in [0.2, 0.25) is 0 Å². The first-order chi connectivity index (χ1) is 11.1. The van der Waals surface area contributed by atoms with E-state index in [1.54, 1.807) is 0 Å². The quantitative estimate of drug-likeness (QED) is 0.274. The van der Waals surface area contributed by atoms with Gasteiger partial charge in [-0.2, -0.15) is 0 Å². The molecule has 0 unspecified atom stereocenters. The van der Waals surface area contributed by atoms with Gasteiger partial charge in [-0.1, -0.05) is 19.0 Å². The Kier molecular flexibility index (Phi) is 10.4. The average Bonchev–Trinajstić information content (AvgIpc) is 2.54. The molecular formula is C16H31N5O2. The zero-order chi connectivity index (χ0) is 16.9. The Bertz CT molecular complexity index is 375. The average molecular weight is 325 g/mol. The van der Waals surface area contributed by atoms with Crippen LogP contribution in [0.25, 0.3) is 10.4 Å². The highest BCUT2D eigenvalue weighted by molar-refractivity contribution is 5.76. The largest absolute Gasteiger partial charge is 0.381 e. The summed E-state index contributed by atoms with van der Waals surface area (Å²) in [5.41, 5.74) is 8.17. The monoisotopic (exact) mass is 325 g/mol. The van der Waals surface area contributed by atoms with E-state index < -0.39 is 0 Å². The third-order valence-electron chi connectivity index (χ3n) is 4.07. The van der Waals surface area contributed by atoms with Gasteiger partial charge >= 0.3 is 0 Å². The van der Waals surface area contributed by atoms with Crippen LogP contribution in [0.4, 0.5) is 0 Å². The van der Waals surface area contributed by atoms with Crippen LogP contribution in [0, 0.1) is 5.92 Å². The summed E-state index contributed by atoms with van der Waals surface area (Å²) < 4.78 is 5.69. The smallest absolute Gasteiger partial charge is 0.223 e. The Morgan fingerprint density at radius 3 is 2.78 bits per heavy atom. The maximum atomic E-state index is 12.1. The van der Waals surface area contributed by atoms with Gasteiger partial charge in [-0.05, 0) is 37.1 Å². The molecule has 132 valence electrons. The minimum Gasteiger partial charge on any atom is -0.381 e. The minimum absolute atomic E-state index is 0.260. The lowest BCUT2D eigenvalue weighted by atomic mass is 9.97. The molecule has 0 aliphatic carbocycles. The molecule has 1 amide bonds. The summed E-state index contributed by atoms with van der Waals surface area (Å²) in [7, 11) is 0. The summed E-state index contributed by atoms with van der Waals surface area (Å²) in [6.07, 6.45) is 4.45. The third kappa shape index (κ3) is 9.43. The van der Waals surface area contributed by atoms with Crippen LogP contribution < -0.4 is 5.32 Å². The van der Waals surface area contributed by atoms with Crippen molar-refractivity contribution in [1.29, 1.82) is 0 Å². The molecule has 1 heterocycles. The fraction of sp³-hybridized carbons (Fsp3) is 0.938. The number of hydrogen-bond acceptors (Lipinski definition) is 4. The molecule has 7 heteroatoms. The van der Waals surface area contributed by atoms with Gasteiger partial charge in [0.25, 0.3) is 0 Å². The number of azide groups is 1. The number of amides is 1. The number of likely N-dealkylation sites (tertiary alicyclic amines) is 1. The lowest BCUT2D eigenvalue weighted by Crippen LogP contribution is -2.40. The molecule has 0 aromatic heterocycles. The van der Waals surface area contributed by atoms with Gasteiger partial charge < -0.3 is 15.0 Å². The number of nitrogens with zero attached hydrogens (tertiary/aromatic N) is 4. The third-order valence-corrected chi connectivity index (χ3v) is 4.07. The molecule has 0 radical (unpaired) electrons. The molecule has 0 aromatic rings. The number of ether oxygens (including phenoxy) is 1. The highest BCUT2D eigenvalue weighted by Crippen LogP contribution is 2.18. The van der Waals surface area contributed by atoms with E-state index in [1.807, 2.05) is 4.90 Å². The van der Waals surface area contributed by atoms with Crippen LogP contribution in [0.15, 0.2) is 5.11 Å². The van der Waals surface area contributed by atoms with Gasteiger partial charge in [0.1, 0.15) is 0 Å². The van der Waals surface area contributed by atoms with Crippen LogP contribution in [0.3, 0.4) is 0 Å². The Morgan fingerprint density at radius 1 is 1.39 bits per heavy atom. The first-order valence-electron chi connectivity index (χ1n) is 8.73. The van der Waals surface area contributed by atoms with E-state index in [-0.39, 0.29) is 5.91 Å². The molecule has 1 aliphatic heterocycles. The van der Waals surface area contributed by atoms with E-state index in [2.05, 4.69) is 29.2 Å². The van der Waals surface area contributed by atoms with Gasteiger partial charge in [0.2, 0.25) is 5.91 Å². The fourth-order valence-electron chi connectivity index (χ4n) is 2.66. The first-order valence-corrected chi connectivity index (χ1v) is 8.73. The summed E-state index contributed by atoms with van der Waals surface area (Å²) in [6, 6.07) is 0.428. The van der Waals surface area contributed by atoms with Gasteiger partial charge in [0.05, 0.1) is 0 Å². The second kappa shape index (κ2) is 12.2. The van der Waals surface area contributed by atoms with Gasteiger partial charge in [-0.15, -0.1) is 0 Å². The lowest BCUT2D eigenvalue weighted by Gasteiger charge is -2.32. The number of carbonyl (C=O) groups excluding carboxylic acids is 1. The van der Waals surface area contributed by atoms with E-state index in [9.17, 15) is 4.79 Å². The number of unbranched alkanes of at least 4 members (excludes halogenated alkanes) is 1. The van der Waals surface area contributed by atoms with Crippen molar-refractivity contribution in [3.63, 3.8) is 0 Å². The first kappa shape index (κ1) is 19.7. The molecule has 0 aromatic carbocycles. The predicted molar refractivity (Wildman–Crippen MR) is 91.1 cm³/mol. The molecule has 7 nitrogen and oxygen atoms in total. The van der Waals surface area contributed by atoms with Gasteiger partial charge in [-0.3, -0.25) is 4.79 Å². The fourth-order valence-corrected chi connectivity index (χ4v) is 2.66. The van der Waals surface area contributed by atoms with E-state index >= 15 is 0 Å². The standard InChI is InChI=1S/C16H31N5O2/c1-14(2)18-9-5-16(22)21-10-6-15(7-11-21)13-23-12-4-3-8-19-20-17/h14-15,18H,3-13H2,1-2H3. The van der Waals surface area contributed by atoms with Crippen molar-refractivity contribution in [2.75, 3.05) is 39.4 Å². The number of carbonyl (C=O) groups is 1. The van der Waals surface area contributed by atoms with Crippen LogP contribution in [-0.4, -0.2) is 56.2 Å². The molecule has 23 heavy (non-hydrogen) atoms. The van der Waals surface area contributed by atoms with Crippen molar-refractivity contribution < 1.29 is 9.53 Å². The molecule has 0 spiro atoms. The van der Waals surface area contributed by atoms with E-state index in [1.165, 1.54) is 0 Å².